The van der Waals surface area contributed by atoms with E-state index < -0.39 is 5.97 Å². The third-order valence-electron chi connectivity index (χ3n) is 3.07. The zero-order valence-corrected chi connectivity index (χ0v) is 11.5. The van der Waals surface area contributed by atoms with Gasteiger partial charge in [0.2, 0.25) is 0 Å². The number of carbonyl (C=O) groups is 1. The van der Waals surface area contributed by atoms with Crippen molar-refractivity contribution in [3.05, 3.63) is 29.3 Å². The Morgan fingerprint density at radius 1 is 1.44 bits per heavy atom. The molecule has 0 atom stereocenters. The predicted octanol–water partition coefficient (Wildman–Crippen LogP) is 2.45. The lowest BCUT2D eigenvalue weighted by Crippen LogP contribution is -2.31. The van der Waals surface area contributed by atoms with Crippen molar-refractivity contribution in [2.24, 2.45) is 0 Å². The summed E-state index contributed by atoms with van der Waals surface area (Å²) in [5.41, 5.74) is 2.08. The minimum atomic E-state index is -0.894. The molecule has 0 fully saturated rings. The van der Waals surface area contributed by atoms with Crippen molar-refractivity contribution in [1.29, 1.82) is 0 Å². The van der Waals surface area contributed by atoms with Crippen LogP contribution >= 0.6 is 0 Å². The number of aromatic carboxylic acids is 1. The number of nitrogens with zero attached hydrogens (tertiary/aromatic N) is 1. The predicted molar refractivity (Wildman–Crippen MR) is 74.4 cm³/mol. The van der Waals surface area contributed by atoms with Gasteiger partial charge in [-0.15, -0.1) is 0 Å². The summed E-state index contributed by atoms with van der Waals surface area (Å²) in [5.74, 6) is -0.894. The average Bonchev–Trinajstić information content (AvgIpc) is 2.28. The molecule has 4 heteroatoms. The minimum absolute atomic E-state index is 0.327. The van der Waals surface area contributed by atoms with Gasteiger partial charge in [-0.25, -0.2) is 4.79 Å². The van der Waals surface area contributed by atoms with E-state index in [2.05, 4.69) is 31.1 Å². The molecule has 0 aliphatic heterocycles. The number of likely N-dealkylation sites (N-methyl/N-ethyl adjacent to an activating group) is 1. The Labute approximate surface area is 109 Å². The summed E-state index contributed by atoms with van der Waals surface area (Å²) in [6.07, 6.45) is 0. The SMILES string of the molecule is Cc1ccc(C(=O)O)c(NCCN(C)C(C)C)c1. The largest absolute Gasteiger partial charge is 0.478 e. The van der Waals surface area contributed by atoms with E-state index in [9.17, 15) is 4.79 Å². The van der Waals surface area contributed by atoms with Crippen molar-refractivity contribution in [2.75, 3.05) is 25.5 Å². The van der Waals surface area contributed by atoms with Crippen molar-refractivity contribution >= 4 is 11.7 Å². The van der Waals surface area contributed by atoms with Crippen molar-refractivity contribution < 1.29 is 9.90 Å². The molecule has 0 aliphatic rings. The monoisotopic (exact) mass is 250 g/mol. The number of nitrogens with one attached hydrogen (secondary N) is 1. The van der Waals surface area contributed by atoms with Crippen LogP contribution < -0.4 is 5.32 Å². The number of aryl methyl sites for hydroxylation is 1. The molecule has 0 unspecified atom stereocenters. The van der Waals surface area contributed by atoms with Crippen LogP contribution in [0.4, 0.5) is 5.69 Å². The molecule has 0 aromatic heterocycles. The Hall–Kier alpha value is -1.55. The third-order valence-corrected chi connectivity index (χ3v) is 3.07. The van der Waals surface area contributed by atoms with Gasteiger partial charge in [-0.05, 0) is 45.5 Å². The molecule has 0 aliphatic carbocycles. The van der Waals surface area contributed by atoms with Crippen molar-refractivity contribution in [3.8, 4) is 0 Å². The molecule has 18 heavy (non-hydrogen) atoms. The number of rotatable bonds is 6. The molecule has 1 rings (SSSR count). The normalized spacial score (nSPS) is 11.0. The lowest BCUT2D eigenvalue weighted by atomic mass is 10.1. The van der Waals surface area contributed by atoms with Crippen LogP contribution in [0.15, 0.2) is 18.2 Å². The fourth-order valence-corrected chi connectivity index (χ4v) is 1.62. The first-order valence-electron chi connectivity index (χ1n) is 6.20. The Morgan fingerprint density at radius 3 is 2.67 bits per heavy atom. The van der Waals surface area contributed by atoms with Gasteiger partial charge >= 0.3 is 5.97 Å². The van der Waals surface area contributed by atoms with Crippen LogP contribution in [0, 0.1) is 6.92 Å². The number of carboxylic acids is 1. The van der Waals surface area contributed by atoms with Gasteiger partial charge in [-0.2, -0.15) is 0 Å². The van der Waals surface area contributed by atoms with Crippen molar-refractivity contribution in [1.82, 2.24) is 4.90 Å². The maximum absolute atomic E-state index is 11.1. The summed E-state index contributed by atoms with van der Waals surface area (Å²) < 4.78 is 0. The van der Waals surface area contributed by atoms with Gasteiger partial charge < -0.3 is 15.3 Å². The van der Waals surface area contributed by atoms with Gasteiger partial charge in [0.05, 0.1) is 5.56 Å². The van der Waals surface area contributed by atoms with E-state index in [-0.39, 0.29) is 0 Å². The molecule has 0 radical (unpaired) electrons. The fraction of sp³-hybridized carbons (Fsp3) is 0.500. The van der Waals surface area contributed by atoms with Crippen LogP contribution in [0.1, 0.15) is 29.8 Å². The highest BCUT2D eigenvalue weighted by Crippen LogP contribution is 2.17. The minimum Gasteiger partial charge on any atom is -0.478 e. The fourth-order valence-electron chi connectivity index (χ4n) is 1.62. The van der Waals surface area contributed by atoms with Crippen LogP contribution in [0.5, 0.6) is 0 Å². The van der Waals surface area contributed by atoms with Gasteiger partial charge in [0.15, 0.2) is 0 Å². The van der Waals surface area contributed by atoms with E-state index >= 15 is 0 Å². The molecule has 100 valence electrons. The van der Waals surface area contributed by atoms with Crippen LogP contribution in [0.25, 0.3) is 0 Å². The molecular formula is C14H22N2O2. The van der Waals surface area contributed by atoms with Crippen molar-refractivity contribution in [3.63, 3.8) is 0 Å². The second-order valence-electron chi connectivity index (χ2n) is 4.86. The highest BCUT2D eigenvalue weighted by Gasteiger charge is 2.10. The third kappa shape index (κ3) is 4.04. The zero-order chi connectivity index (χ0) is 13.7. The summed E-state index contributed by atoms with van der Waals surface area (Å²) in [6, 6.07) is 5.82. The Kier molecular flexibility index (Phi) is 5.16. The molecule has 0 heterocycles. The Bertz CT molecular complexity index is 416. The number of benzene rings is 1. The molecule has 4 nitrogen and oxygen atoms in total. The van der Waals surface area contributed by atoms with Crippen LogP contribution in [0.3, 0.4) is 0 Å². The summed E-state index contributed by atoms with van der Waals surface area (Å²) in [5, 5.41) is 12.3. The van der Waals surface area contributed by atoms with E-state index in [1.54, 1.807) is 6.07 Å². The molecule has 0 saturated carbocycles. The summed E-state index contributed by atoms with van der Waals surface area (Å²) in [6.45, 7) is 7.84. The molecule has 0 saturated heterocycles. The van der Waals surface area contributed by atoms with E-state index in [0.717, 1.165) is 18.7 Å². The van der Waals surface area contributed by atoms with Gasteiger partial charge in [0.1, 0.15) is 0 Å². The molecule has 1 aromatic carbocycles. The zero-order valence-electron chi connectivity index (χ0n) is 11.5. The first-order valence-corrected chi connectivity index (χ1v) is 6.20. The maximum atomic E-state index is 11.1. The van der Waals surface area contributed by atoms with E-state index in [0.29, 0.717) is 17.3 Å². The van der Waals surface area contributed by atoms with Crippen LogP contribution in [-0.4, -0.2) is 42.2 Å². The van der Waals surface area contributed by atoms with Crippen molar-refractivity contribution in [2.45, 2.75) is 26.8 Å². The number of hydrogen-bond acceptors (Lipinski definition) is 3. The lowest BCUT2D eigenvalue weighted by Gasteiger charge is -2.21. The van der Waals surface area contributed by atoms with Gasteiger partial charge in [0, 0.05) is 24.8 Å². The lowest BCUT2D eigenvalue weighted by molar-refractivity contribution is 0.0698. The quantitative estimate of drug-likeness (QED) is 0.814. The Morgan fingerprint density at radius 2 is 2.11 bits per heavy atom. The summed E-state index contributed by atoms with van der Waals surface area (Å²) >= 11 is 0. The highest BCUT2D eigenvalue weighted by molar-refractivity contribution is 5.94. The van der Waals surface area contributed by atoms with Gasteiger partial charge in [-0.3, -0.25) is 0 Å². The molecule has 0 spiro atoms. The average molecular weight is 250 g/mol. The van der Waals surface area contributed by atoms with Crippen LogP contribution in [0.2, 0.25) is 0 Å². The topological polar surface area (TPSA) is 52.6 Å². The van der Waals surface area contributed by atoms with E-state index in [1.807, 2.05) is 19.1 Å². The summed E-state index contributed by atoms with van der Waals surface area (Å²) in [7, 11) is 2.06. The van der Waals surface area contributed by atoms with Crippen LogP contribution in [-0.2, 0) is 0 Å². The number of hydrogen-bond donors (Lipinski definition) is 2. The molecular weight excluding hydrogens is 228 g/mol. The molecule has 2 N–H and O–H groups in total. The molecule has 1 aromatic rings. The van der Waals surface area contributed by atoms with E-state index in [1.165, 1.54) is 0 Å². The maximum Gasteiger partial charge on any atom is 0.337 e. The highest BCUT2D eigenvalue weighted by atomic mass is 16.4. The summed E-state index contributed by atoms with van der Waals surface area (Å²) in [4.78, 5) is 13.3. The standard InChI is InChI=1S/C14H22N2O2/c1-10(2)16(4)8-7-15-13-9-11(3)5-6-12(13)14(17)18/h5-6,9-10,15H,7-8H2,1-4H3,(H,17,18). The van der Waals surface area contributed by atoms with Gasteiger partial charge in [-0.1, -0.05) is 6.07 Å². The van der Waals surface area contributed by atoms with E-state index in [4.69, 9.17) is 5.11 Å². The second-order valence-corrected chi connectivity index (χ2v) is 4.86. The molecule has 0 bridgehead atoms. The number of anilines is 1. The first-order chi connectivity index (χ1) is 8.41. The number of carboxylic acid groups (broad SMARTS) is 1. The van der Waals surface area contributed by atoms with Gasteiger partial charge in [0.25, 0.3) is 0 Å². The smallest absolute Gasteiger partial charge is 0.337 e. The second kappa shape index (κ2) is 6.40. The molecule has 0 amide bonds. The first kappa shape index (κ1) is 14.5. The Balaban J connectivity index is 2.66.